The number of hydrogen-bond donors (Lipinski definition) is 0. The second-order valence-electron chi connectivity index (χ2n) is 6.07. The molecule has 1 aliphatic heterocycles. The first-order valence-electron chi connectivity index (χ1n) is 8.35. The van der Waals surface area contributed by atoms with E-state index in [2.05, 4.69) is 0 Å². The van der Waals surface area contributed by atoms with Crippen molar-refractivity contribution in [2.45, 2.75) is 25.9 Å². The average molecular weight is 334 g/mol. The first-order valence-corrected chi connectivity index (χ1v) is 8.35. The molecule has 6 nitrogen and oxygen atoms in total. The predicted octanol–water partition coefficient (Wildman–Crippen LogP) is 1.94. The number of benzene rings is 1. The molecule has 0 N–H and O–H groups in total. The van der Waals surface area contributed by atoms with E-state index in [1.807, 2.05) is 37.2 Å². The van der Waals surface area contributed by atoms with Crippen LogP contribution < -0.4 is 4.90 Å². The number of esters is 1. The van der Waals surface area contributed by atoms with E-state index in [1.54, 1.807) is 13.0 Å². The van der Waals surface area contributed by atoms with Gasteiger partial charge in [0, 0.05) is 38.5 Å². The number of carbonyl (C=O) groups excluding carboxylic acids is 2. The maximum absolute atomic E-state index is 12.9. The minimum Gasteiger partial charge on any atom is -0.465 e. The van der Waals surface area contributed by atoms with Crippen LogP contribution in [0.4, 0.5) is 5.69 Å². The fourth-order valence-electron chi connectivity index (χ4n) is 2.72. The highest BCUT2D eigenvalue weighted by Gasteiger charge is 2.25. The molecule has 1 aliphatic rings. The molecule has 1 atom stereocenters. The van der Waals surface area contributed by atoms with Crippen molar-refractivity contribution in [3.05, 3.63) is 29.8 Å². The van der Waals surface area contributed by atoms with Gasteiger partial charge in [-0.05, 0) is 38.0 Å². The molecule has 1 fully saturated rings. The Hall–Kier alpha value is -2.08. The number of carbonyl (C=O) groups is 2. The lowest BCUT2D eigenvalue weighted by molar-refractivity contribution is -0.144. The zero-order valence-electron chi connectivity index (χ0n) is 14.7. The fourth-order valence-corrected chi connectivity index (χ4v) is 2.72. The summed E-state index contributed by atoms with van der Waals surface area (Å²) in [5.74, 6) is -0.574. The van der Waals surface area contributed by atoms with Crippen molar-refractivity contribution < 1.29 is 19.1 Å². The van der Waals surface area contributed by atoms with Gasteiger partial charge in [-0.15, -0.1) is 0 Å². The van der Waals surface area contributed by atoms with Crippen LogP contribution in [-0.4, -0.2) is 63.3 Å². The molecule has 24 heavy (non-hydrogen) atoms. The van der Waals surface area contributed by atoms with E-state index in [1.165, 1.54) is 4.90 Å². The van der Waals surface area contributed by atoms with Gasteiger partial charge in [0.15, 0.2) is 0 Å². The Morgan fingerprint density at radius 1 is 1.33 bits per heavy atom. The molecule has 132 valence electrons. The summed E-state index contributed by atoms with van der Waals surface area (Å²) in [4.78, 5) is 28.2. The second kappa shape index (κ2) is 8.68. The van der Waals surface area contributed by atoms with E-state index in [4.69, 9.17) is 9.47 Å². The van der Waals surface area contributed by atoms with E-state index < -0.39 is 5.97 Å². The van der Waals surface area contributed by atoms with Gasteiger partial charge in [-0.1, -0.05) is 6.07 Å². The minimum atomic E-state index is -0.396. The Bertz CT molecular complexity index is 568. The highest BCUT2D eigenvalue weighted by molar-refractivity contribution is 5.96. The summed E-state index contributed by atoms with van der Waals surface area (Å²) in [6, 6.07) is 7.38. The number of hydrogen-bond acceptors (Lipinski definition) is 5. The number of anilines is 1. The first kappa shape index (κ1) is 18.3. The molecule has 0 radical (unpaired) electrons. The molecule has 1 heterocycles. The molecule has 0 aromatic heterocycles. The summed E-state index contributed by atoms with van der Waals surface area (Å²) < 4.78 is 10.6. The van der Waals surface area contributed by atoms with Gasteiger partial charge in [0.25, 0.3) is 5.91 Å². The van der Waals surface area contributed by atoms with Crippen LogP contribution in [0.15, 0.2) is 24.3 Å². The molecule has 0 saturated carbocycles. The van der Waals surface area contributed by atoms with Crippen molar-refractivity contribution >= 4 is 17.6 Å². The quantitative estimate of drug-likeness (QED) is 0.713. The van der Waals surface area contributed by atoms with Crippen LogP contribution in [0.5, 0.6) is 0 Å². The van der Waals surface area contributed by atoms with Crippen LogP contribution >= 0.6 is 0 Å². The molecule has 1 saturated heterocycles. The third-order valence-electron chi connectivity index (χ3n) is 3.97. The van der Waals surface area contributed by atoms with Crippen LogP contribution in [0.25, 0.3) is 0 Å². The summed E-state index contributed by atoms with van der Waals surface area (Å²) in [5.41, 5.74) is 1.50. The molecule has 1 aromatic rings. The van der Waals surface area contributed by atoms with Gasteiger partial charge in [0.05, 0.1) is 12.7 Å². The summed E-state index contributed by atoms with van der Waals surface area (Å²) in [6.07, 6.45) is 1.88. The largest absolute Gasteiger partial charge is 0.465 e. The van der Waals surface area contributed by atoms with Gasteiger partial charge >= 0.3 is 5.97 Å². The van der Waals surface area contributed by atoms with Crippen molar-refractivity contribution in [2.24, 2.45) is 0 Å². The molecule has 0 unspecified atom stereocenters. The molecule has 0 aliphatic carbocycles. The van der Waals surface area contributed by atoms with Crippen molar-refractivity contribution in [3.8, 4) is 0 Å². The molecule has 0 spiro atoms. The molecule has 6 heteroatoms. The zero-order valence-corrected chi connectivity index (χ0v) is 14.7. The van der Waals surface area contributed by atoms with E-state index >= 15 is 0 Å². The Morgan fingerprint density at radius 3 is 2.75 bits per heavy atom. The van der Waals surface area contributed by atoms with Gasteiger partial charge in [-0.2, -0.15) is 0 Å². The summed E-state index contributed by atoms with van der Waals surface area (Å²) in [5, 5.41) is 0. The van der Waals surface area contributed by atoms with Gasteiger partial charge < -0.3 is 19.3 Å². The number of amides is 1. The van der Waals surface area contributed by atoms with Crippen LogP contribution in [0, 0.1) is 0 Å². The smallest absolute Gasteiger partial charge is 0.325 e. The van der Waals surface area contributed by atoms with Gasteiger partial charge in [0.1, 0.15) is 6.54 Å². The number of nitrogens with zero attached hydrogens (tertiary/aromatic N) is 2. The predicted molar refractivity (Wildman–Crippen MR) is 92.3 cm³/mol. The molecule has 1 amide bonds. The Balaban J connectivity index is 2.15. The van der Waals surface area contributed by atoms with E-state index in [0.717, 1.165) is 18.5 Å². The second-order valence-corrected chi connectivity index (χ2v) is 6.07. The van der Waals surface area contributed by atoms with E-state index in [9.17, 15) is 9.59 Å². The lowest BCUT2D eigenvalue weighted by atomic mass is 10.1. The molecular formula is C18H26N2O4. The normalized spacial score (nSPS) is 16.7. The Kier molecular flexibility index (Phi) is 6.61. The Labute approximate surface area is 143 Å². The van der Waals surface area contributed by atoms with Crippen molar-refractivity contribution in [2.75, 3.05) is 45.3 Å². The maximum atomic E-state index is 12.9. The zero-order chi connectivity index (χ0) is 17.5. The van der Waals surface area contributed by atoms with Gasteiger partial charge in [-0.3, -0.25) is 9.59 Å². The summed E-state index contributed by atoms with van der Waals surface area (Å²) in [7, 11) is 3.85. The van der Waals surface area contributed by atoms with Crippen LogP contribution in [0.3, 0.4) is 0 Å². The molecule has 2 rings (SSSR count). The monoisotopic (exact) mass is 334 g/mol. The minimum absolute atomic E-state index is 0.0135. The van der Waals surface area contributed by atoms with Gasteiger partial charge in [-0.25, -0.2) is 0 Å². The summed E-state index contributed by atoms with van der Waals surface area (Å²) >= 11 is 0. The maximum Gasteiger partial charge on any atom is 0.325 e. The van der Waals surface area contributed by atoms with Crippen LogP contribution in [0.2, 0.25) is 0 Å². The lowest BCUT2D eigenvalue weighted by Gasteiger charge is -2.25. The average Bonchev–Trinajstić information content (AvgIpc) is 3.07. The number of ether oxygens (including phenoxy) is 2. The van der Waals surface area contributed by atoms with Crippen LogP contribution in [-0.2, 0) is 14.3 Å². The standard InChI is InChI=1S/C18H26N2O4/c1-4-23-17(21)13-20(12-16-9-6-10-24-16)18(22)14-7-5-8-15(11-14)19(2)3/h5,7-8,11,16H,4,6,9-10,12-13H2,1-3H3/t16-/m1/s1. The van der Waals surface area contributed by atoms with Crippen LogP contribution in [0.1, 0.15) is 30.1 Å². The van der Waals surface area contributed by atoms with Gasteiger partial charge in [0.2, 0.25) is 0 Å². The third kappa shape index (κ3) is 4.96. The highest BCUT2D eigenvalue weighted by Crippen LogP contribution is 2.18. The first-order chi connectivity index (χ1) is 11.5. The van der Waals surface area contributed by atoms with Crippen molar-refractivity contribution in [1.29, 1.82) is 0 Å². The van der Waals surface area contributed by atoms with Crippen molar-refractivity contribution in [1.82, 2.24) is 4.90 Å². The molecule has 0 bridgehead atoms. The van der Waals surface area contributed by atoms with E-state index in [-0.39, 0.29) is 18.6 Å². The SMILES string of the molecule is CCOC(=O)CN(C[C@H]1CCCO1)C(=O)c1cccc(N(C)C)c1. The highest BCUT2D eigenvalue weighted by atomic mass is 16.5. The lowest BCUT2D eigenvalue weighted by Crippen LogP contribution is -2.41. The number of rotatable bonds is 7. The summed E-state index contributed by atoms with van der Waals surface area (Å²) in [6.45, 7) is 3.12. The fraction of sp³-hybridized carbons (Fsp3) is 0.556. The third-order valence-corrected chi connectivity index (χ3v) is 3.97. The Morgan fingerprint density at radius 2 is 2.12 bits per heavy atom. The van der Waals surface area contributed by atoms with Crippen molar-refractivity contribution in [3.63, 3.8) is 0 Å². The molecule has 1 aromatic carbocycles. The topological polar surface area (TPSA) is 59.1 Å². The molecular weight excluding hydrogens is 308 g/mol. The van der Waals surface area contributed by atoms with E-state index in [0.29, 0.717) is 25.3 Å².